The topological polar surface area (TPSA) is 48.3 Å². The summed E-state index contributed by atoms with van der Waals surface area (Å²) in [4.78, 5) is 4.11. The first-order chi connectivity index (χ1) is 9.27. The van der Waals surface area contributed by atoms with Crippen molar-refractivity contribution < 1.29 is 8.94 Å². The highest BCUT2D eigenvalue weighted by atomic mass is 35.5. The maximum atomic E-state index is 13.1. The maximum absolute atomic E-state index is 13.1. The number of halogens is 2. The van der Waals surface area contributed by atoms with Gasteiger partial charge in [0, 0.05) is 17.0 Å². The molecule has 0 aliphatic rings. The minimum absolute atomic E-state index is 0.206. The van der Waals surface area contributed by atoms with Crippen molar-refractivity contribution in [3.63, 3.8) is 0 Å². The highest BCUT2D eigenvalue weighted by Crippen LogP contribution is 2.22. The number of hydrogen-bond acceptors (Lipinski definition) is 3. The molecule has 2 aromatic rings. The molecule has 3 nitrogen and oxygen atoms in total. The molecule has 0 aliphatic carbocycles. The van der Waals surface area contributed by atoms with E-state index >= 15 is 0 Å². The Morgan fingerprint density at radius 2 is 2.05 bits per heavy atom. The largest absolute Gasteiger partial charge is 0.591 e. The predicted octanol–water partition coefficient (Wildman–Crippen LogP) is 3.91. The summed E-state index contributed by atoms with van der Waals surface area (Å²) >= 11 is 4.67. The maximum Gasteiger partial charge on any atom is 0.144 e. The molecule has 106 valence electrons. The molecule has 1 aromatic heterocycles. The Bertz CT molecular complexity index is 670. The van der Waals surface area contributed by atoms with Crippen LogP contribution in [0.1, 0.15) is 26.3 Å². The molecule has 0 saturated carbocycles. The highest BCUT2D eigenvalue weighted by Gasteiger charge is 2.25. The van der Waals surface area contributed by atoms with Gasteiger partial charge in [0.2, 0.25) is 0 Å². The van der Waals surface area contributed by atoms with E-state index in [9.17, 15) is 8.94 Å². The van der Waals surface area contributed by atoms with Crippen LogP contribution in [-0.2, 0) is 11.4 Å². The number of pyridine rings is 1. The third-order valence-electron chi connectivity index (χ3n) is 2.57. The van der Waals surface area contributed by atoms with Gasteiger partial charge in [-0.1, -0.05) is 16.0 Å². The van der Waals surface area contributed by atoms with E-state index in [1.54, 1.807) is 12.1 Å². The van der Waals surface area contributed by atoms with Crippen molar-refractivity contribution in [3.05, 3.63) is 40.8 Å². The van der Waals surface area contributed by atoms with Gasteiger partial charge in [-0.2, -0.15) is 0 Å². The lowest BCUT2D eigenvalue weighted by Crippen LogP contribution is -2.25. The summed E-state index contributed by atoms with van der Waals surface area (Å²) in [6.07, 6.45) is 1.44. The molecule has 0 fully saturated rings. The van der Waals surface area contributed by atoms with Gasteiger partial charge in [-0.25, -0.2) is 9.37 Å². The van der Waals surface area contributed by atoms with Crippen LogP contribution in [-0.4, -0.2) is 20.5 Å². The van der Waals surface area contributed by atoms with E-state index in [1.807, 2.05) is 20.8 Å². The number of nitrogens with zero attached hydrogens (tertiary/aromatic N) is 2. The second kappa shape index (κ2) is 5.68. The number of fused-ring (bicyclic) bond motifs is 1. The van der Waals surface area contributed by atoms with E-state index in [0.29, 0.717) is 11.1 Å². The molecule has 0 spiro atoms. The third-order valence-corrected chi connectivity index (χ3v) is 4.22. The van der Waals surface area contributed by atoms with Crippen LogP contribution in [0.5, 0.6) is 0 Å². The molecule has 0 saturated heterocycles. The number of rotatable bonds is 2. The van der Waals surface area contributed by atoms with Crippen molar-refractivity contribution in [2.75, 3.05) is 0 Å². The molecule has 1 unspecified atom stereocenters. The fraction of sp³-hybridized carbons (Fsp3) is 0.286. The Kier molecular flexibility index (Phi) is 4.32. The molecule has 1 heterocycles. The first-order valence-electron chi connectivity index (χ1n) is 5.99. The normalized spacial score (nSPS) is 14.1. The SMILES string of the molecule is CC(C)(C)[S+]([O-])/N=C/c1cc2ccc(F)cc2nc1Cl. The van der Waals surface area contributed by atoms with E-state index in [1.165, 1.54) is 18.3 Å². The first kappa shape index (κ1) is 15.2. The van der Waals surface area contributed by atoms with Crippen LogP contribution in [0.3, 0.4) is 0 Å². The van der Waals surface area contributed by atoms with Crippen molar-refractivity contribution in [1.29, 1.82) is 0 Å². The van der Waals surface area contributed by atoms with Crippen LogP contribution in [0.25, 0.3) is 10.9 Å². The molecule has 0 amide bonds. The van der Waals surface area contributed by atoms with Crippen LogP contribution in [0.15, 0.2) is 28.7 Å². The van der Waals surface area contributed by atoms with Gasteiger partial charge in [-0.15, -0.1) is 0 Å². The predicted molar refractivity (Wildman–Crippen MR) is 82.2 cm³/mol. The Morgan fingerprint density at radius 1 is 1.35 bits per heavy atom. The van der Waals surface area contributed by atoms with Gasteiger partial charge in [-0.05, 0) is 39.0 Å². The lowest BCUT2D eigenvalue weighted by atomic mass is 10.2. The molecule has 0 radical (unpaired) electrons. The minimum atomic E-state index is -1.36. The molecule has 0 N–H and O–H groups in total. The first-order valence-corrected chi connectivity index (χ1v) is 7.48. The fourth-order valence-electron chi connectivity index (χ4n) is 1.49. The van der Waals surface area contributed by atoms with Gasteiger partial charge in [-0.3, -0.25) is 0 Å². The molecule has 20 heavy (non-hydrogen) atoms. The summed E-state index contributed by atoms with van der Waals surface area (Å²) in [5.41, 5.74) is 1.03. The zero-order valence-corrected chi connectivity index (χ0v) is 12.9. The van der Waals surface area contributed by atoms with Crippen LogP contribution >= 0.6 is 11.6 Å². The van der Waals surface area contributed by atoms with Gasteiger partial charge in [0.25, 0.3) is 0 Å². The van der Waals surface area contributed by atoms with Gasteiger partial charge in [0.05, 0.1) is 11.7 Å². The number of hydrogen-bond donors (Lipinski definition) is 0. The van der Waals surface area contributed by atoms with E-state index in [2.05, 4.69) is 9.38 Å². The van der Waals surface area contributed by atoms with Crippen LogP contribution in [0.2, 0.25) is 5.15 Å². The third kappa shape index (κ3) is 3.48. The zero-order valence-electron chi connectivity index (χ0n) is 11.4. The van der Waals surface area contributed by atoms with Gasteiger partial charge >= 0.3 is 0 Å². The van der Waals surface area contributed by atoms with Crippen LogP contribution in [0.4, 0.5) is 4.39 Å². The minimum Gasteiger partial charge on any atom is -0.591 e. The molecule has 2 rings (SSSR count). The van der Waals surface area contributed by atoms with E-state index in [-0.39, 0.29) is 11.0 Å². The summed E-state index contributed by atoms with van der Waals surface area (Å²) in [6, 6.07) is 6.03. The van der Waals surface area contributed by atoms with Crippen molar-refractivity contribution >= 4 is 40.1 Å². The molecular formula is C14H14ClFN2OS. The Labute approximate surface area is 125 Å². The molecule has 1 aromatic carbocycles. The van der Waals surface area contributed by atoms with E-state index < -0.39 is 16.1 Å². The second-order valence-corrected chi connectivity index (χ2v) is 7.59. The van der Waals surface area contributed by atoms with E-state index in [0.717, 1.165) is 5.39 Å². The molecule has 6 heteroatoms. The number of benzene rings is 1. The monoisotopic (exact) mass is 312 g/mol. The van der Waals surface area contributed by atoms with Crippen molar-refractivity contribution in [3.8, 4) is 0 Å². The van der Waals surface area contributed by atoms with Gasteiger partial charge in [0.15, 0.2) is 0 Å². The standard InChI is InChI=1S/C14H14ClFN2OS/c1-14(2,3)20(19)17-8-10-6-9-4-5-11(16)7-12(9)18-13(10)15/h4-8H,1-3H3/b17-8+. The van der Waals surface area contributed by atoms with Crippen LogP contribution < -0.4 is 0 Å². The number of aromatic nitrogens is 1. The summed E-state index contributed by atoms with van der Waals surface area (Å²) in [5.74, 6) is -0.365. The van der Waals surface area contributed by atoms with E-state index in [4.69, 9.17) is 11.6 Å². The van der Waals surface area contributed by atoms with Crippen molar-refractivity contribution in [2.45, 2.75) is 25.5 Å². The van der Waals surface area contributed by atoms with Crippen molar-refractivity contribution in [1.82, 2.24) is 4.98 Å². The Balaban J connectivity index is 2.38. The average Bonchev–Trinajstić information content (AvgIpc) is 2.34. The van der Waals surface area contributed by atoms with Gasteiger partial charge < -0.3 is 4.55 Å². The summed E-state index contributed by atoms with van der Waals surface area (Å²) in [5, 5.41) is 0.955. The fourth-order valence-corrected chi connectivity index (χ4v) is 2.21. The smallest absolute Gasteiger partial charge is 0.144 e. The average molecular weight is 313 g/mol. The lowest BCUT2D eigenvalue weighted by Gasteiger charge is -2.17. The quantitative estimate of drug-likeness (QED) is 0.479. The summed E-state index contributed by atoms with van der Waals surface area (Å²) < 4.78 is 28.5. The van der Waals surface area contributed by atoms with Crippen molar-refractivity contribution in [2.24, 2.45) is 4.40 Å². The van der Waals surface area contributed by atoms with Crippen LogP contribution in [0, 0.1) is 5.82 Å². The summed E-state index contributed by atoms with van der Waals surface area (Å²) in [6.45, 7) is 5.51. The Morgan fingerprint density at radius 3 is 2.70 bits per heavy atom. The van der Waals surface area contributed by atoms with Gasteiger partial charge in [0.1, 0.15) is 27.1 Å². The molecular weight excluding hydrogens is 299 g/mol. The lowest BCUT2D eigenvalue weighted by molar-refractivity contribution is 0.562. The molecule has 0 bridgehead atoms. The zero-order chi connectivity index (χ0) is 14.9. The summed E-state index contributed by atoms with van der Waals surface area (Å²) in [7, 11) is 0. The second-order valence-electron chi connectivity index (χ2n) is 5.30. The highest BCUT2D eigenvalue weighted by molar-refractivity contribution is 7.91. The Hall–Kier alpha value is -1.17. The molecule has 1 atom stereocenters. The molecule has 0 aliphatic heterocycles.